The van der Waals surface area contributed by atoms with Gasteiger partial charge in [0, 0.05) is 0 Å². The molecule has 2 amide bonds. The molecule has 1 unspecified atom stereocenters. The molecule has 1 aliphatic rings. The van der Waals surface area contributed by atoms with E-state index in [1.54, 1.807) is 0 Å². The third-order valence-electron chi connectivity index (χ3n) is 1.46. The summed E-state index contributed by atoms with van der Waals surface area (Å²) in [6.45, 7) is 0. The monoisotopic (exact) mass is 156 g/mol. The number of ketones is 1. The Morgan fingerprint density at radius 3 is 2.64 bits per heavy atom. The number of nitrogens with one attached hydrogen (secondary N) is 1. The van der Waals surface area contributed by atoms with Crippen LogP contribution in [0.3, 0.4) is 0 Å². The van der Waals surface area contributed by atoms with Gasteiger partial charge in [0.2, 0.25) is 11.8 Å². The van der Waals surface area contributed by atoms with Gasteiger partial charge in [0.05, 0.1) is 18.9 Å². The average molecular weight is 156 g/mol. The quantitative estimate of drug-likeness (QED) is 0.468. The van der Waals surface area contributed by atoms with Crippen molar-refractivity contribution in [3.63, 3.8) is 0 Å². The first-order chi connectivity index (χ1) is 5.09. The van der Waals surface area contributed by atoms with E-state index in [4.69, 9.17) is 5.73 Å². The lowest BCUT2D eigenvalue weighted by Crippen LogP contribution is -2.33. The van der Waals surface area contributed by atoms with Crippen LogP contribution in [0.15, 0.2) is 0 Å². The molecular weight excluding hydrogens is 148 g/mol. The van der Waals surface area contributed by atoms with Crippen LogP contribution >= 0.6 is 0 Å². The van der Waals surface area contributed by atoms with Crippen LogP contribution in [-0.2, 0) is 14.4 Å². The maximum absolute atomic E-state index is 10.8. The molecule has 0 aromatic carbocycles. The van der Waals surface area contributed by atoms with Gasteiger partial charge in [-0.15, -0.1) is 0 Å². The second-order valence-electron chi connectivity index (χ2n) is 2.43. The lowest BCUT2D eigenvalue weighted by Gasteiger charge is -2.03. The minimum Gasteiger partial charge on any atom is -0.370 e. The largest absolute Gasteiger partial charge is 0.370 e. The highest BCUT2D eigenvalue weighted by Crippen LogP contribution is 2.04. The summed E-state index contributed by atoms with van der Waals surface area (Å²) in [5.41, 5.74) is 4.84. The number of amides is 2. The average Bonchev–Trinajstić information content (AvgIpc) is 2.09. The van der Waals surface area contributed by atoms with Gasteiger partial charge in [-0.1, -0.05) is 0 Å². The fourth-order valence-electron chi connectivity index (χ4n) is 0.973. The van der Waals surface area contributed by atoms with Crippen LogP contribution in [0.1, 0.15) is 12.8 Å². The molecular formula is C6H8N2O3. The zero-order valence-corrected chi connectivity index (χ0v) is 5.79. The fraction of sp³-hybridized carbons (Fsp3) is 0.500. The summed E-state index contributed by atoms with van der Waals surface area (Å²) in [5, 5.41) is 2.35. The van der Waals surface area contributed by atoms with Crippen LogP contribution < -0.4 is 11.1 Å². The second kappa shape index (κ2) is 2.69. The Morgan fingerprint density at radius 1 is 1.64 bits per heavy atom. The lowest BCUT2D eigenvalue weighted by atomic mass is 10.1. The van der Waals surface area contributed by atoms with Crippen molar-refractivity contribution in [1.29, 1.82) is 0 Å². The normalized spacial score (nSPS) is 23.5. The molecule has 60 valence electrons. The number of carbonyl (C=O) groups is 3. The minimum atomic E-state index is -0.681. The van der Waals surface area contributed by atoms with E-state index in [-0.39, 0.29) is 24.5 Å². The molecule has 1 saturated heterocycles. The van der Waals surface area contributed by atoms with Gasteiger partial charge in [0.25, 0.3) is 0 Å². The van der Waals surface area contributed by atoms with E-state index in [2.05, 4.69) is 5.32 Å². The van der Waals surface area contributed by atoms with Gasteiger partial charge in [0.15, 0.2) is 5.78 Å². The second-order valence-corrected chi connectivity index (χ2v) is 2.43. The number of hydrogen-bond donors (Lipinski definition) is 2. The van der Waals surface area contributed by atoms with Crippen molar-refractivity contribution in [2.75, 3.05) is 0 Å². The Labute approximate surface area is 62.9 Å². The van der Waals surface area contributed by atoms with Crippen molar-refractivity contribution in [3.05, 3.63) is 0 Å². The summed E-state index contributed by atoms with van der Waals surface area (Å²) in [6.07, 6.45) is -0.220. The van der Waals surface area contributed by atoms with Crippen LogP contribution in [0.4, 0.5) is 0 Å². The molecule has 0 bridgehead atoms. The van der Waals surface area contributed by atoms with Crippen LogP contribution in [-0.4, -0.2) is 23.6 Å². The highest BCUT2D eigenvalue weighted by molar-refractivity contribution is 6.08. The zero-order valence-electron chi connectivity index (χ0n) is 5.79. The molecule has 0 aromatic rings. The number of carbonyl (C=O) groups excluding carboxylic acids is 3. The molecule has 0 saturated carbocycles. The smallest absolute Gasteiger partial charge is 0.228 e. The van der Waals surface area contributed by atoms with Crippen molar-refractivity contribution >= 4 is 17.6 Å². The van der Waals surface area contributed by atoms with Crippen LogP contribution in [0, 0.1) is 0 Å². The maximum atomic E-state index is 10.8. The van der Waals surface area contributed by atoms with E-state index >= 15 is 0 Å². The fourth-order valence-corrected chi connectivity index (χ4v) is 0.973. The van der Waals surface area contributed by atoms with Crippen molar-refractivity contribution < 1.29 is 14.4 Å². The number of primary amides is 1. The Morgan fingerprint density at radius 2 is 2.27 bits per heavy atom. The number of Topliss-reactive ketones (excluding diaryl/α,β-unsaturated/α-hetero) is 1. The Bertz CT molecular complexity index is 224. The molecule has 1 aliphatic heterocycles. The molecule has 5 nitrogen and oxygen atoms in total. The van der Waals surface area contributed by atoms with E-state index < -0.39 is 11.9 Å². The highest BCUT2D eigenvalue weighted by atomic mass is 16.2. The summed E-state index contributed by atoms with van der Waals surface area (Å²) >= 11 is 0. The molecule has 0 radical (unpaired) electrons. The van der Waals surface area contributed by atoms with Crippen molar-refractivity contribution in [1.82, 2.24) is 5.32 Å². The van der Waals surface area contributed by atoms with Gasteiger partial charge in [-0.25, -0.2) is 0 Å². The molecule has 1 atom stereocenters. The zero-order chi connectivity index (χ0) is 8.43. The lowest BCUT2D eigenvalue weighted by molar-refractivity contribution is -0.124. The molecule has 3 N–H and O–H groups in total. The number of rotatable bonds is 2. The van der Waals surface area contributed by atoms with E-state index in [0.717, 1.165) is 0 Å². The Balaban J connectivity index is 2.53. The SMILES string of the molecule is NC(=O)CC1NC(=O)CC1=O. The van der Waals surface area contributed by atoms with Gasteiger partial charge < -0.3 is 11.1 Å². The standard InChI is InChI=1S/C6H8N2O3/c7-5(10)1-3-4(9)2-6(11)8-3/h3H,1-2H2,(H2,7,10)(H,8,11). The third-order valence-corrected chi connectivity index (χ3v) is 1.46. The summed E-state index contributed by atoms with van der Waals surface area (Å²) in [5.74, 6) is -1.17. The van der Waals surface area contributed by atoms with Crippen LogP contribution in [0.25, 0.3) is 0 Å². The summed E-state index contributed by atoms with van der Waals surface area (Å²) in [7, 11) is 0. The Hall–Kier alpha value is -1.39. The predicted octanol–water partition coefficient (Wildman–Crippen LogP) is -1.68. The van der Waals surface area contributed by atoms with E-state index in [1.165, 1.54) is 0 Å². The van der Waals surface area contributed by atoms with Gasteiger partial charge in [-0.3, -0.25) is 14.4 Å². The number of nitrogens with two attached hydrogens (primary N) is 1. The summed E-state index contributed by atoms with van der Waals surface area (Å²) < 4.78 is 0. The molecule has 0 aliphatic carbocycles. The first-order valence-corrected chi connectivity index (χ1v) is 3.20. The first-order valence-electron chi connectivity index (χ1n) is 3.20. The minimum absolute atomic E-state index is 0.0927. The van der Waals surface area contributed by atoms with Crippen molar-refractivity contribution in [3.8, 4) is 0 Å². The topological polar surface area (TPSA) is 89.3 Å². The molecule has 1 heterocycles. The maximum Gasteiger partial charge on any atom is 0.228 e. The van der Waals surface area contributed by atoms with E-state index in [9.17, 15) is 14.4 Å². The predicted molar refractivity (Wildman–Crippen MR) is 35.4 cm³/mol. The van der Waals surface area contributed by atoms with Gasteiger partial charge in [-0.2, -0.15) is 0 Å². The van der Waals surface area contributed by atoms with Gasteiger partial charge >= 0.3 is 0 Å². The van der Waals surface area contributed by atoms with Gasteiger partial charge in [0.1, 0.15) is 0 Å². The Kier molecular flexibility index (Phi) is 1.89. The van der Waals surface area contributed by atoms with Gasteiger partial charge in [-0.05, 0) is 0 Å². The van der Waals surface area contributed by atoms with E-state index in [0.29, 0.717) is 0 Å². The molecule has 1 fully saturated rings. The first kappa shape index (κ1) is 7.71. The molecule has 5 heteroatoms. The van der Waals surface area contributed by atoms with Crippen molar-refractivity contribution in [2.24, 2.45) is 5.73 Å². The van der Waals surface area contributed by atoms with Crippen LogP contribution in [0.2, 0.25) is 0 Å². The third kappa shape index (κ3) is 1.76. The molecule has 0 aromatic heterocycles. The van der Waals surface area contributed by atoms with Crippen molar-refractivity contribution in [2.45, 2.75) is 18.9 Å². The number of hydrogen-bond acceptors (Lipinski definition) is 3. The molecule has 0 spiro atoms. The van der Waals surface area contributed by atoms with Crippen LogP contribution in [0.5, 0.6) is 0 Å². The van der Waals surface area contributed by atoms with E-state index in [1.807, 2.05) is 0 Å². The molecule has 11 heavy (non-hydrogen) atoms. The highest BCUT2D eigenvalue weighted by Gasteiger charge is 2.30. The molecule has 1 rings (SSSR count). The summed E-state index contributed by atoms with van der Waals surface area (Å²) in [6, 6.07) is -0.681. The summed E-state index contributed by atoms with van der Waals surface area (Å²) in [4.78, 5) is 31.7.